The van der Waals surface area contributed by atoms with Gasteiger partial charge >= 0.3 is 0 Å². The van der Waals surface area contributed by atoms with Crippen LogP contribution in [0, 0.1) is 11.8 Å². The highest BCUT2D eigenvalue weighted by Gasteiger charge is 2.14. The maximum Gasteiger partial charge on any atom is 0.0332 e. The molecule has 120 valence electrons. The summed E-state index contributed by atoms with van der Waals surface area (Å²) in [5, 5.41) is 3.63. The molecule has 2 heteroatoms. The zero-order valence-electron chi connectivity index (χ0n) is 14.6. The Kier molecular flexibility index (Phi) is 8.63. The summed E-state index contributed by atoms with van der Waals surface area (Å²) < 4.78 is 0. The van der Waals surface area contributed by atoms with Crippen molar-refractivity contribution in [2.45, 2.75) is 47.1 Å². The molecule has 0 bridgehead atoms. The summed E-state index contributed by atoms with van der Waals surface area (Å²) in [4.78, 5) is 2.63. The molecule has 0 fully saturated rings. The Morgan fingerprint density at radius 2 is 1.52 bits per heavy atom. The van der Waals surface area contributed by atoms with Gasteiger partial charge in [0.15, 0.2) is 0 Å². The van der Waals surface area contributed by atoms with Gasteiger partial charge in [0.2, 0.25) is 0 Å². The first-order chi connectivity index (χ1) is 10.0. The van der Waals surface area contributed by atoms with Crippen molar-refractivity contribution >= 4 is 0 Å². The van der Waals surface area contributed by atoms with E-state index in [1.807, 2.05) is 0 Å². The largest absolute Gasteiger partial charge is 0.310 e. The summed E-state index contributed by atoms with van der Waals surface area (Å²) in [7, 11) is 0. The number of hydrogen-bond acceptors (Lipinski definition) is 2. The van der Waals surface area contributed by atoms with E-state index in [2.05, 4.69) is 75.2 Å². The van der Waals surface area contributed by atoms with Gasteiger partial charge in [-0.05, 0) is 36.9 Å². The van der Waals surface area contributed by atoms with Crippen molar-refractivity contribution in [3.05, 3.63) is 35.9 Å². The van der Waals surface area contributed by atoms with Crippen LogP contribution in [0.2, 0.25) is 0 Å². The van der Waals surface area contributed by atoms with Crippen LogP contribution in [0.25, 0.3) is 0 Å². The molecule has 1 atom stereocenters. The molecule has 0 spiro atoms. The lowest BCUT2D eigenvalue weighted by Gasteiger charge is -2.28. The molecule has 0 aliphatic heterocycles. The first kappa shape index (κ1) is 18.2. The molecule has 0 saturated heterocycles. The Hall–Kier alpha value is -0.860. The van der Waals surface area contributed by atoms with Crippen LogP contribution in [-0.4, -0.2) is 31.1 Å². The molecular formula is C19H34N2. The highest BCUT2D eigenvalue weighted by Crippen LogP contribution is 2.17. The van der Waals surface area contributed by atoms with Gasteiger partial charge in [-0.15, -0.1) is 0 Å². The second kappa shape index (κ2) is 9.97. The Labute approximate surface area is 131 Å². The predicted octanol–water partition coefficient (Wildman–Crippen LogP) is 4.34. The van der Waals surface area contributed by atoms with E-state index in [-0.39, 0.29) is 0 Å². The maximum atomic E-state index is 3.63. The first-order valence-electron chi connectivity index (χ1n) is 8.53. The van der Waals surface area contributed by atoms with Gasteiger partial charge in [0.25, 0.3) is 0 Å². The molecule has 1 aromatic carbocycles. The molecule has 0 amide bonds. The molecule has 0 saturated carbocycles. The van der Waals surface area contributed by atoms with Crippen LogP contribution < -0.4 is 5.32 Å². The Morgan fingerprint density at radius 3 is 2.00 bits per heavy atom. The number of rotatable bonds is 10. The van der Waals surface area contributed by atoms with Crippen LogP contribution in [0.1, 0.15) is 52.6 Å². The minimum Gasteiger partial charge on any atom is -0.310 e. The average Bonchev–Trinajstić information content (AvgIpc) is 2.43. The van der Waals surface area contributed by atoms with E-state index in [1.165, 1.54) is 31.6 Å². The van der Waals surface area contributed by atoms with Crippen molar-refractivity contribution in [2.24, 2.45) is 11.8 Å². The Morgan fingerprint density at radius 1 is 0.952 bits per heavy atom. The Bertz CT molecular complexity index is 349. The summed E-state index contributed by atoms with van der Waals surface area (Å²) in [5.74, 6) is 1.47. The summed E-state index contributed by atoms with van der Waals surface area (Å²) in [5.41, 5.74) is 1.41. The molecule has 0 aliphatic carbocycles. The normalized spacial score (nSPS) is 13.3. The summed E-state index contributed by atoms with van der Waals surface area (Å²) in [6.45, 7) is 16.0. The summed E-state index contributed by atoms with van der Waals surface area (Å²) in [6.07, 6.45) is 1.18. The van der Waals surface area contributed by atoms with Crippen molar-refractivity contribution in [1.29, 1.82) is 0 Å². The standard InChI is InChI=1S/C19H34N2/c1-6-20-19(18-10-8-7-9-11-18)12-13-21(14-16(2)3)15-17(4)5/h7-11,16-17,19-20H,6,12-15H2,1-5H3. The van der Waals surface area contributed by atoms with Crippen molar-refractivity contribution in [2.75, 3.05) is 26.2 Å². The first-order valence-corrected chi connectivity index (χ1v) is 8.53. The molecule has 1 N–H and O–H groups in total. The van der Waals surface area contributed by atoms with E-state index in [0.29, 0.717) is 6.04 Å². The van der Waals surface area contributed by atoms with E-state index in [9.17, 15) is 0 Å². The number of nitrogens with zero attached hydrogens (tertiary/aromatic N) is 1. The van der Waals surface area contributed by atoms with Crippen LogP contribution in [0.4, 0.5) is 0 Å². The average molecular weight is 290 g/mol. The summed E-state index contributed by atoms with van der Waals surface area (Å²) in [6, 6.07) is 11.3. The molecule has 0 aliphatic rings. The monoisotopic (exact) mass is 290 g/mol. The molecule has 0 radical (unpaired) electrons. The quantitative estimate of drug-likeness (QED) is 0.689. The van der Waals surface area contributed by atoms with Gasteiger partial charge in [-0.3, -0.25) is 0 Å². The fourth-order valence-electron chi connectivity index (χ4n) is 2.92. The van der Waals surface area contributed by atoms with Gasteiger partial charge < -0.3 is 10.2 Å². The highest BCUT2D eigenvalue weighted by molar-refractivity contribution is 5.18. The third-order valence-electron chi connectivity index (χ3n) is 3.63. The van der Waals surface area contributed by atoms with E-state index >= 15 is 0 Å². The second-order valence-electron chi connectivity index (χ2n) is 6.86. The van der Waals surface area contributed by atoms with Crippen LogP contribution in [0.3, 0.4) is 0 Å². The molecule has 21 heavy (non-hydrogen) atoms. The minimum absolute atomic E-state index is 0.470. The lowest BCUT2D eigenvalue weighted by Crippen LogP contribution is -2.34. The van der Waals surface area contributed by atoms with Crippen LogP contribution in [0.15, 0.2) is 30.3 Å². The van der Waals surface area contributed by atoms with Gasteiger partial charge in [0.05, 0.1) is 0 Å². The molecular weight excluding hydrogens is 256 g/mol. The fraction of sp³-hybridized carbons (Fsp3) is 0.684. The predicted molar refractivity (Wildman–Crippen MR) is 93.6 cm³/mol. The number of hydrogen-bond donors (Lipinski definition) is 1. The SMILES string of the molecule is CCNC(CCN(CC(C)C)CC(C)C)c1ccccc1. The molecule has 0 aromatic heterocycles. The third kappa shape index (κ3) is 7.63. The van der Waals surface area contributed by atoms with Gasteiger partial charge in [-0.2, -0.15) is 0 Å². The fourth-order valence-corrected chi connectivity index (χ4v) is 2.92. The van der Waals surface area contributed by atoms with Crippen molar-refractivity contribution in [1.82, 2.24) is 10.2 Å². The number of benzene rings is 1. The van der Waals surface area contributed by atoms with E-state index in [0.717, 1.165) is 18.4 Å². The third-order valence-corrected chi connectivity index (χ3v) is 3.63. The zero-order chi connectivity index (χ0) is 15.7. The lowest BCUT2D eigenvalue weighted by atomic mass is 10.0. The van der Waals surface area contributed by atoms with E-state index in [1.54, 1.807) is 0 Å². The van der Waals surface area contributed by atoms with Crippen molar-refractivity contribution in [3.8, 4) is 0 Å². The molecule has 1 rings (SSSR count). The topological polar surface area (TPSA) is 15.3 Å². The van der Waals surface area contributed by atoms with Crippen LogP contribution in [-0.2, 0) is 0 Å². The second-order valence-corrected chi connectivity index (χ2v) is 6.86. The highest BCUT2D eigenvalue weighted by atomic mass is 15.1. The molecule has 0 heterocycles. The molecule has 1 unspecified atom stereocenters. The van der Waals surface area contributed by atoms with Gasteiger partial charge in [-0.25, -0.2) is 0 Å². The van der Waals surface area contributed by atoms with E-state index < -0.39 is 0 Å². The van der Waals surface area contributed by atoms with Gasteiger partial charge in [0, 0.05) is 19.1 Å². The smallest absolute Gasteiger partial charge is 0.0332 e. The van der Waals surface area contributed by atoms with Gasteiger partial charge in [0.1, 0.15) is 0 Å². The van der Waals surface area contributed by atoms with Crippen LogP contribution >= 0.6 is 0 Å². The van der Waals surface area contributed by atoms with Crippen LogP contribution in [0.5, 0.6) is 0 Å². The number of nitrogens with one attached hydrogen (secondary N) is 1. The maximum absolute atomic E-state index is 3.63. The van der Waals surface area contributed by atoms with Crippen molar-refractivity contribution in [3.63, 3.8) is 0 Å². The molecule has 2 nitrogen and oxygen atoms in total. The summed E-state index contributed by atoms with van der Waals surface area (Å²) >= 11 is 0. The Balaban J connectivity index is 2.60. The lowest BCUT2D eigenvalue weighted by molar-refractivity contribution is 0.208. The zero-order valence-corrected chi connectivity index (χ0v) is 14.6. The van der Waals surface area contributed by atoms with Crippen molar-refractivity contribution < 1.29 is 0 Å². The molecule has 1 aromatic rings. The van der Waals surface area contributed by atoms with E-state index in [4.69, 9.17) is 0 Å². The minimum atomic E-state index is 0.470. The van der Waals surface area contributed by atoms with Gasteiger partial charge in [-0.1, -0.05) is 65.0 Å².